The molecule has 1 saturated carbocycles. The van der Waals surface area contributed by atoms with Crippen molar-refractivity contribution in [2.75, 3.05) is 13.2 Å². The van der Waals surface area contributed by atoms with Crippen LogP contribution >= 0.6 is 0 Å². The molecule has 3 aromatic carbocycles. The van der Waals surface area contributed by atoms with E-state index in [1.807, 2.05) is 18.2 Å². The molecule has 0 heterocycles. The number of hydrogen-bond acceptors (Lipinski definition) is 4. The highest BCUT2D eigenvalue weighted by Crippen LogP contribution is 2.44. The Balaban J connectivity index is 1.32. The third-order valence-corrected chi connectivity index (χ3v) is 8.62. The average Bonchev–Trinajstić information content (AvgIpc) is 3.72. The molecule has 5 rings (SSSR count). The van der Waals surface area contributed by atoms with E-state index in [9.17, 15) is 13.6 Å². The molecule has 2 aliphatic rings. The monoisotopic (exact) mass is 636 g/mol. The van der Waals surface area contributed by atoms with Crippen LogP contribution in [0.5, 0.6) is 11.5 Å². The molecule has 0 N–H and O–H groups in total. The standard InChI is InChI=1S/C41H42F2O4/c1-3-5-7-21-45-39-19-14-30(26-37(39)42)10-9-29-11-16-33(17-12-31-15-20-40(38(43)27-31)46-22-8-6-4-2)35(23-29)28-47-41(44)36-25-32-13-18-34(36)24-32/h11,13-16,18-20,23,26-27,32,34,36H,3-8,21-22,24-25,28H2,1-2H3. The SMILES string of the molecule is CCCCCOc1ccc(C#Cc2ccc(C#Cc3ccc(OCCCCC)c(F)c3)c(COC(=O)C3CC4C=CC3C4)c2)cc1F. The molecule has 0 amide bonds. The van der Waals surface area contributed by atoms with E-state index in [2.05, 4.69) is 49.7 Å². The Morgan fingerprint density at radius 1 is 0.723 bits per heavy atom. The summed E-state index contributed by atoms with van der Waals surface area (Å²) in [5.41, 5.74) is 3.02. The quantitative estimate of drug-likeness (QED) is 0.0813. The first kappa shape index (κ1) is 33.8. The lowest BCUT2D eigenvalue weighted by Crippen LogP contribution is -2.21. The van der Waals surface area contributed by atoms with Gasteiger partial charge in [-0.1, -0.05) is 75.4 Å². The molecule has 47 heavy (non-hydrogen) atoms. The average molecular weight is 637 g/mol. The van der Waals surface area contributed by atoms with Gasteiger partial charge in [0.15, 0.2) is 23.1 Å². The minimum Gasteiger partial charge on any atom is -0.491 e. The minimum atomic E-state index is -0.458. The van der Waals surface area contributed by atoms with Gasteiger partial charge in [-0.25, -0.2) is 8.78 Å². The molecule has 0 radical (unpaired) electrons. The number of unbranched alkanes of at least 4 members (excludes halogenated alkanes) is 4. The van der Waals surface area contributed by atoms with Crippen molar-refractivity contribution in [1.29, 1.82) is 0 Å². The van der Waals surface area contributed by atoms with Crippen LogP contribution in [0.25, 0.3) is 0 Å². The van der Waals surface area contributed by atoms with Crippen LogP contribution in [0.2, 0.25) is 0 Å². The molecule has 6 heteroatoms. The van der Waals surface area contributed by atoms with Crippen molar-refractivity contribution in [2.24, 2.45) is 17.8 Å². The summed E-state index contributed by atoms with van der Waals surface area (Å²) in [4.78, 5) is 13.0. The highest BCUT2D eigenvalue weighted by Gasteiger charge is 2.40. The lowest BCUT2D eigenvalue weighted by molar-refractivity contribution is -0.150. The van der Waals surface area contributed by atoms with Gasteiger partial charge in [0.05, 0.1) is 19.1 Å². The number of allylic oxidation sites excluding steroid dienone is 2. The molecule has 3 atom stereocenters. The van der Waals surface area contributed by atoms with Crippen LogP contribution in [0.1, 0.15) is 93.0 Å². The second-order valence-electron chi connectivity index (χ2n) is 12.3. The normalized spacial score (nSPS) is 17.4. The summed E-state index contributed by atoms with van der Waals surface area (Å²) < 4.78 is 46.3. The fourth-order valence-electron chi connectivity index (χ4n) is 5.96. The summed E-state index contributed by atoms with van der Waals surface area (Å²) in [5, 5.41) is 0. The van der Waals surface area contributed by atoms with Crippen LogP contribution in [0.3, 0.4) is 0 Å². The van der Waals surface area contributed by atoms with Crippen LogP contribution in [0, 0.1) is 53.1 Å². The van der Waals surface area contributed by atoms with Gasteiger partial charge >= 0.3 is 5.97 Å². The highest BCUT2D eigenvalue weighted by atomic mass is 19.1. The van der Waals surface area contributed by atoms with Crippen LogP contribution in [0.4, 0.5) is 8.78 Å². The maximum Gasteiger partial charge on any atom is 0.309 e. The molecular weight excluding hydrogens is 594 g/mol. The van der Waals surface area contributed by atoms with E-state index in [1.54, 1.807) is 24.3 Å². The number of ether oxygens (including phenoxy) is 3. The van der Waals surface area contributed by atoms with Gasteiger partial charge in [-0.3, -0.25) is 4.79 Å². The van der Waals surface area contributed by atoms with E-state index in [4.69, 9.17) is 14.2 Å². The van der Waals surface area contributed by atoms with Gasteiger partial charge in [-0.05, 0) is 92.1 Å². The van der Waals surface area contributed by atoms with Crippen LogP contribution < -0.4 is 9.47 Å². The largest absolute Gasteiger partial charge is 0.491 e. The molecular formula is C41H42F2O4. The van der Waals surface area contributed by atoms with E-state index in [1.165, 1.54) is 12.1 Å². The zero-order valence-electron chi connectivity index (χ0n) is 27.3. The fourth-order valence-corrected chi connectivity index (χ4v) is 5.96. The molecule has 244 valence electrons. The summed E-state index contributed by atoms with van der Waals surface area (Å²) in [5.74, 6) is 12.2. The van der Waals surface area contributed by atoms with E-state index >= 15 is 0 Å². The maximum atomic E-state index is 14.7. The Morgan fingerprint density at radius 2 is 1.30 bits per heavy atom. The van der Waals surface area contributed by atoms with Crippen molar-refractivity contribution in [2.45, 2.75) is 71.8 Å². The lowest BCUT2D eigenvalue weighted by atomic mass is 9.94. The Morgan fingerprint density at radius 3 is 1.83 bits per heavy atom. The predicted octanol–water partition coefficient (Wildman–Crippen LogP) is 9.16. The topological polar surface area (TPSA) is 44.8 Å². The molecule has 2 aliphatic carbocycles. The summed E-state index contributed by atoms with van der Waals surface area (Å²) in [6.07, 6.45) is 12.1. The number of esters is 1. The van der Waals surface area contributed by atoms with Crippen molar-refractivity contribution in [1.82, 2.24) is 0 Å². The molecule has 2 bridgehead atoms. The summed E-state index contributed by atoms with van der Waals surface area (Å²) >= 11 is 0. The number of halogens is 2. The molecule has 0 spiro atoms. The summed E-state index contributed by atoms with van der Waals surface area (Å²) in [6, 6.07) is 14.9. The van der Waals surface area contributed by atoms with Gasteiger partial charge in [0, 0.05) is 27.8 Å². The van der Waals surface area contributed by atoms with Crippen LogP contribution in [0.15, 0.2) is 66.7 Å². The van der Waals surface area contributed by atoms with E-state index in [-0.39, 0.29) is 35.9 Å². The fraction of sp³-hybridized carbons (Fsp3) is 0.390. The van der Waals surface area contributed by atoms with Crippen LogP contribution in [-0.4, -0.2) is 19.2 Å². The maximum absolute atomic E-state index is 14.7. The molecule has 1 fully saturated rings. The van der Waals surface area contributed by atoms with Gasteiger partial charge in [0.1, 0.15) is 6.61 Å². The third-order valence-electron chi connectivity index (χ3n) is 8.62. The molecule has 3 unspecified atom stereocenters. The Kier molecular flexibility index (Phi) is 12.1. The Labute approximate surface area is 277 Å². The number of carbonyl (C=O) groups is 1. The van der Waals surface area contributed by atoms with Gasteiger partial charge in [0.25, 0.3) is 0 Å². The van der Waals surface area contributed by atoms with Gasteiger partial charge in [0.2, 0.25) is 0 Å². The highest BCUT2D eigenvalue weighted by molar-refractivity contribution is 5.74. The number of rotatable bonds is 13. The molecule has 0 aliphatic heterocycles. The lowest BCUT2D eigenvalue weighted by Gasteiger charge is -2.17. The van der Waals surface area contributed by atoms with Crippen molar-refractivity contribution in [3.8, 4) is 35.2 Å². The van der Waals surface area contributed by atoms with Crippen molar-refractivity contribution in [3.05, 3.63) is 106 Å². The zero-order chi connectivity index (χ0) is 33.0. The molecule has 4 nitrogen and oxygen atoms in total. The van der Waals surface area contributed by atoms with E-state index < -0.39 is 11.6 Å². The van der Waals surface area contributed by atoms with E-state index in [0.29, 0.717) is 46.9 Å². The van der Waals surface area contributed by atoms with Crippen molar-refractivity contribution < 1.29 is 27.8 Å². The Bertz CT molecular complexity index is 1700. The van der Waals surface area contributed by atoms with Crippen LogP contribution in [-0.2, 0) is 16.1 Å². The van der Waals surface area contributed by atoms with Crippen molar-refractivity contribution in [3.63, 3.8) is 0 Å². The first-order valence-electron chi connectivity index (χ1n) is 16.8. The smallest absolute Gasteiger partial charge is 0.309 e. The summed E-state index contributed by atoms with van der Waals surface area (Å²) in [6.45, 7) is 5.20. The predicted molar refractivity (Wildman–Crippen MR) is 180 cm³/mol. The Hall–Kier alpha value is -4.55. The van der Waals surface area contributed by atoms with Gasteiger partial charge < -0.3 is 14.2 Å². The second-order valence-corrected chi connectivity index (χ2v) is 12.3. The third kappa shape index (κ3) is 9.49. The minimum absolute atomic E-state index is 0.0353. The number of benzene rings is 3. The number of fused-ring (bicyclic) bond motifs is 2. The number of hydrogen-bond donors (Lipinski definition) is 0. The second kappa shape index (κ2) is 16.8. The first-order valence-corrected chi connectivity index (χ1v) is 16.8. The molecule has 0 saturated heterocycles. The van der Waals surface area contributed by atoms with Gasteiger partial charge in [-0.2, -0.15) is 0 Å². The van der Waals surface area contributed by atoms with Crippen molar-refractivity contribution >= 4 is 5.97 Å². The zero-order valence-corrected chi connectivity index (χ0v) is 27.3. The molecule has 0 aromatic heterocycles. The summed E-state index contributed by atoms with van der Waals surface area (Å²) in [7, 11) is 0. The number of carbonyl (C=O) groups excluding carboxylic acids is 1. The molecule has 3 aromatic rings. The first-order chi connectivity index (χ1) is 22.9. The van der Waals surface area contributed by atoms with E-state index in [0.717, 1.165) is 51.4 Å². The van der Waals surface area contributed by atoms with Gasteiger partial charge in [-0.15, -0.1) is 0 Å².